The Balaban J connectivity index is 1.49. The van der Waals surface area contributed by atoms with Gasteiger partial charge in [0.2, 0.25) is 0 Å². The van der Waals surface area contributed by atoms with Crippen LogP contribution >= 0.6 is 0 Å². The van der Waals surface area contributed by atoms with Crippen molar-refractivity contribution in [1.29, 1.82) is 0 Å². The van der Waals surface area contributed by atoms with Gasteiger partial charge in [0, 0.05) is 5.92 Å². The van der Waals surface area contributed by atoms with Gasteiger partial charge in [-0.3, -0.25) is 0 Å². The second-order valence-corrected chi connectivity index (χ2v) is 7.24. The van der Waals surface area contributed by atoms with E-state index in [1.54, 1.807) is 0 Å². The van der Waals surface area contributed by atoms with Crippen LogP contribution < -0.4 is 0 Å². The molecule has 1 heterocycles. The van der Waals surface area contributed by atoms with Crippen molar-refractivity contribution in [3.63, 3.8) is 0 Å². The Morgan fingerprint density at radius 2 is 1.50 bits per heavy atom. The molecule has 0 saturated heterocycles. The summed E-state index contributed by atoms with van der Waals surface area (Å²) in [4.78, 5) is 0. The highest BCUT2D eigenvalue weighted by molar-refractivity contribution is 5.78. The van der Waals surface area contributed by atoms with E-state index in [9.17, 15) is 0 Å². The lowest BCUT2D eigenvalue weighted by molar-refractivity contribution is 0.609. The monoisotopic (exact) mass is 363 g/mol. The molecule has 3 nitrogen and oxygen atoms in total. The maximum absolute atomic E-state index is 4.40. The molecule has 1 aliphatic rings. The summed E-state index contributed by atoms with van der Waals surface area (Å²) in [6, 6.07) is 29.5. The normalized spacial score (nSPS) is 16.2. The zero-order chi connectivity index (χ0) is 18.8. The third-order valence-electron chi connectivity index (χ3n) is 5.36. The molecule has 0 amide bonds. The fourth-order valence-corrected chi connectivity index (χ4v) is 3.92. The van der Waals surface area contributed by atoms with E-state index in [1.165, 1.54) is 22.3 Å². The van der Waals surface area contributed by atoms with Crippen LogP contribution in [0.2, 0.25) is 0 Å². The largest absolute Gasteiger partial charge is 0.241 e. The third-order valence-corrected chi connectivity index (χ3v) is 5.36. The van der Waals surface area contributed by atoms with Crippen LogP contribution in [0.3, 0.4) is 0 Å². The highest BCUT2D eigenvalue weighted by Crippen LogP contribution is 2.34. The van der Waals surface area contributed by atoms with Crippen LogP contribution in [-0.4, -0.2) is 15.0 Å². The highest BCUT2D eigenvalue weighted by Gasteiger charge is 2.21. The Hall–Kier alpha value is -3.46. The smallest absolute Gasteiger partial charge is 0.113 e. The number of para-hydroxylation sites is 1. The molecule has 1 aromatic heterocycles. The summed E-state index contributed by atoms with van der Waals surface area (Å²) in [6.45, 7) is 0.755. The van der Waals surface area contributed by atoms with Crippen molar-refractivity contribution in [3.05, 3.63) is 114 Å². The first kappa shape index (κ1) is 16.7. The minimum Gasteiger partial charge on any atom is -0.241 e. The molecule has 0 fully saturated rings. The van der Waals surface area contributed by atoms with Crippen LogP contribution in [-0.2, 0) is 13.0 Å². The van der Waals surface area contributed by atoms with Gasteiger partial charge < -0.3 is 0 Å². The first-order valence-electron chi connectivity index (χ1n) is 9.67. The summed E-state index contributed by atoms with van der Waals surface area (Å²) in [6.07, 6.45) is 5.73. The lowest BCUT2D eigenvalue weighted by atomic mass is 9.94. The summed E-state index contributed by atoms with van der Waals surface area (Å²) in [5.41, 5.74) is 7.30. The lowest BCUT2D eigenvalue weighted by Crippen LogP contribution is -2.10. The SMILES string of the molecule is C1=C(c2ccccc2)C=C(Cn2nnc3ccccc32)C1Cc1ccccc1. The average Bonchev–Trinajstić information content (AvgIpc) is 3.34. The van der Waals surface area contributed by atoms with Gasteiger partial charge in [0.15, 0.2) is 0 Å². The number of fused-ring (bicyclic) bond motifs is 1. The molecular weight excluding hydrogens is 342 g/mol. The summed E-state index contributed by atoms with van der Waals surface area (Å²) in [7, 11) is 0. The van der Waals surface area contributed by atoms with E-state index in [4.69, 9.17) is 0 Å². The van der Waals surface area contributed by atoms with Gasteiger partial charge in [0.1, 0.15) is 5.52 Å². The molecule has 136 valence electrons. The molecule has 0 bridgehead atoms. The molecule has 1 unspecified atom stereocenters. The predicted molar refractivity (Wildman–Crippen MR) is 114 cm³/mol. The summed E-state index contributed by atoms with van der Waals surface area (Å²) in [5.74, 6) is 0.362. The van der Waals surface area contributed by atoms with E-state index in [1.807, 2.05) is 22.9 Å². The lowest BCUT2D eigenvalue weighted by Gasteiger charge is -2.14. The second kappa shape index (κ2) is 7.28. The van der Waals surface area contributed by atoms with Gasteiger partial charge in [-0.05, 0) is 40.8 Å². The van der Waals surface area contributed by atoms with Crippen molar-refractivity contribution in [1.82, 2.24) is 15.0 Å². The molecule has 0 N–H and O–H groups in total. The van der Waals surface area contributed by atoms with Gasteiger partial charge in [-0.2, -0.15) is 0 Å². The van der Waals surface area contributed by atoms with Crippen molar-refractivity contribution in [2.75, 3.05) is 0 Å². The first-order valence-corrected chi connectivity index (χ1v) is 9.67. The van der Waals surface area contributed by atoms with E-state index in [0.717, 1.165) is 24.0 Å². The van der Waals surface area contributed by atoms with Gasteiger partial charge >= 0.3 is 0 Å². The Kier molecular flexibility index (Phi) is 4.34. The molecule has 28 heavy (non-hydrogen) atoms. The average molecular weight is 363 g/mol. The topological polar surface area (TPSA) is 30.7 Å². The molecule has 0 aliphatic heterocycles. The Labute approximate surface area is 164 Å². The minimum atomic E-state index is 0.362. The van der Waals surface area contributed by atoms with Gasteiger partial charge in [-0.25, -0.2) is 4.68 Å². The van der Waals surface area contributed by atoms with Crippen molar-refractivity contribution >= 4 is 16.6 Å². The molecule has 4 aromatic rings. The molecule has 0 radical (unpaired) electrons. The number of hydrogen-bond acceptors (Lipinski definition) is 2. The standard InChI is InChI=1S/C25H21N3/c1-3-9-19(10-4-1)15-21-16-22(20-11-5-2-6-12-20)17-23(21)18-28-25-14-8-7-13-24(25)26-27-28/h1-14,16-17,21H,15,18H2. The zero-order valence-corrected chi connectivity index (χ0v) is 15.6. The number of hydrogen-bond donors (Lipinski definition) is 0. The molecule has 5 rings (SSSR count). The Morgan fingerprint density at radius 3 is 2.32 bits per heavy atom. The van der Waals surface area contributed by atoms with Crippen LogP contribution in [0.5, 0.6) is 0 Å². The minimum absolute atomic E-state index is 0.362. The van der Waals surface area contributed by atoms with Crippen molar-refractivity contribution in [2.24, 2.45) is 5.92 Å². The Morgan fingerprint density at radius 1 is 0.786 bits per heavy atom. The van der Waals surface area contributed by atoms with Crippen LogP contribution in [0.15, 0.2) is 103 Å². The summed E-state index contributed by atoms with van der Waals surface area (Å²) >= 11 is 0. The fourth-order valence-electron chi connectivity index (χ4n) is 3.92. The number of rotatable bonds is 5. The molecule has 3 aromatic carbocycles. The summed E-state index contributed by atoms with van der Waals surface area (Å²) in [5, 5.41) is 8.72. The quantitative estimate of drug-likeness (QED) is 0.481. The Bertz CT molecular complexity index is 1150. The molecule has 1 atom stereocenters. The highest BCUT2D eigenvalue weighted by atomic mass is 15.4. The maximum atomic E-state index is 4.40. The first-order chi connectivity index (χ1) is 13.9. The predicted octanol–water partition coefficient (Wildman–Crippen LogP) is 5.31. The molecule has 0 saturated carbocycles. The van der Waals surface area contributed by atoms with Gasteiger partial charge in [-0.15, -0.1) is 5.10 Å². The number of benzene rings is 3. The van der Waals surface area contributed by atoms with Gasteiger partial charge in [-0.1, -0.05) is 90.2 Å². The van der Waals surface area contributed by atoms with Crippen LogP contribution in [0, 0.1) is 5.92 Å². The van der Waals surface area contributed by atoms with Gasteiger partial charge in [0.05, 0.1) is 12.1 Å². The van der Waals surface area contributed by atoms with E-state index < -0.39 is 0 Å². The number of nitrogens with zero attached hydrogens (tertiary/aromatic N) is 3. The number of aromatic nitrogens is 3. The van der Waals surface area contributed by atoms with Crippen molar-refractivity contribution in [3.8, 4) is 0 Å². The molecule has 1 aliphatic carbocycles. The van der Waals surface area contributed by atoms with Crippen LogP contribution in [0.4, 0.5) is 0 Å². The van der Waals surface area contributed by atoms with E-state index >= 15 is 0 Å². The molecule has 3 heteroatoms. The van der Waals surface area contributed by atoms with E-state index in [-0.39, 0.29) is 0 Å². The van der Waals surface area contributed by atoms with Gasteiger partial charge in [0.25, 0.3) is 0 Å². The third kappa shape index (κ3) is 3.27. The zero-order valence-electron chi connectivity index (χ0n) is 15.6. The van der Waals surface area contributed by atoms with Crippen LogP contribution in [0.1, 0.15) is 11.1 Å². The second-order valence-electron chi connectivity index (χ2n) is 7.24. The van der Waals surface area contributed by atoms with E-state index in [2.05, 4.69) is 89.2 Å². The van der Waals surface area contributed by atoms with Crippen molar-refractivity contribution in [2.45, 2.75) is 13.0 Å². The molecular formula is C25H21N3. The molecule has 0 spiro atoms. The van der Waals surface area contributed by atoms with Crippen molar-refractivity contribution < 1.29 is 0 Å². The fraction of sp³-hybridized carbons (Fsp3) is 0.120. The number of allylic oxidation sites excluding steroid dienone is 4. The van der Waals surface area contributed by atoms with Crippen LogP contribution in [0.25, 0.3) is 16.6 Å². The summed E-state index contributed by atoms with van der Waals surface area (Å²) < 4.78 is 2.01. The maximum Gasteiger partial charge on any atom is 0.113 e. The van der Waals surface area contributed by atoms with E-state index in [0.29, 0.717) is 5.92 Å².